The molecule has 0 N–H and O–H groups in total. The van der Waals surface area contributed by atoms with E-state index in [0.29, 0.717) is 16.1 Å². The molecule has 1 aromatic heterocycles. The Morgan fingerprint density at radius 3 is 2.63 bits per heavy atom. The Hall–Kier alpha value is -1.47. The largest absolute Gasteiger partial charge is 0.438 e. The molecule has 0 fully saturated rings. The van der Waals surface area contributed by atoms with Crippen LogP contribution in [0.25, 0.3) is 0 Å². The molecule has 1 heterocycles. The molecule has 5 nitrogen and oxygen atoms in total. The van der Waals surface area contributed by atoms with Gasteiger partial charge < -0.3 is 4.74 Å². The number of nitro benzene ring substituents is 1. The van der Waals surface area contributed by atoms with Crippen molar-refractivity contribution in [1.82, 2.24) is 4.98 Å². The van der Waals surface area contributed by atoms with Crippen LogP contribution in [0.2, 0.25) is 0 Å². The Bertz CT molecular complexity index is 647. The van der Waals surface area contributed by atoms with Crippen LogP contribution in [-0.4, -0.2) is 9.91 Å². The highest BCUT2D eigenvalue weighted by atomic mass is 79.9. The second-order valence-electron chi connectivity index (χ2n) is 3.67. The number of halogens is 2. The molecule has 0 unspecified atom stereocenters. The van der Waals surface area contributed by atoms with E-state index in [9.17, 15) is 10.1 Å². The molecule has 98 valence electrons. The van der Waals surface area contributed by atoms with Gasteiger partial charge in [-0.25, -0.2) is 4.98 Å². The summed E-state index contributed by atoms with van der Waals surface area (Å²) >= 11 is 6.51. The number of hydrogen-bond acceptors (Lipinski definition) is 4. The highest BCUT2D eigenvalue weighted by Crippen LogP contribution is 2.36. The number of nitrogens with zero attached hydrogens (tertiary/aromatic N) is 2. The van der Waals surface area contributed by atoms with Gasteiger partial charge in [-0.2, -0.15) is 0 Å². The standard InChI is InChI=1S/C12H8Br2N2O3/c1-7-8(13)5-6-11(15-7)19-10-4-2-3-9(12(10)14)16(17)18/h2-6H,1H3. The van der Waals surface area contributed by atoms with E-state index in [1.54, 1.807) is 18.2 Å². The molecule has 1 aromatic carbocycles. The van der Waals surface area contributed by atoms with Crippen molar-refractivity contribution < 1.29 is 9.66 Å². The van der Waals surface area contributed by atoms with Gasteiger partial charge in [-0.05, 0) is 50.9 Å². The predicted molar refractivity (Wildman–Crippen MR) is 77.5 cm³/mol. The van der Waals surface area contributed by atoms with Crippen LogP contribution in [0.1, 0.15) is 5.69 Å². The predicted octanol–water partition coefficient (Wildman–Crippen LogP) is 4.62. The summed E-state index contributed by atoms with van der Waals surface area (Å²) in [5, 5.41) is 10.8. The van der Waals surface area contributed by atoms with Crippen LogP contribution in [0, 0.1) is 17.0 Å². The highest BCUT2D eigenvalue weighted by Gasteiger charge is 2.16. The van der Waals surface area contributed by atoms with E-state index in [1.165, 1.54) is 6.07 Å². The lowest BCUT2D eigenvalue weighted by Gasteiger charge is -2.08. The number of aromatic nitrogens is 1. The van der Waals surface area contributed by atoms with Crippen molar-refractivity contribution in [3.63, 3.8) is 0 Å². The molecule has 2 aromatic rings. The normalized spacial score (nSPS) is 10.3. The van der Waals surface area contributed by atoms with E-state index in [-0.39, 0.29) is 5.69 Å². The smallest absolute Gasteiger partial charge is 0.287 e. The summed E-state index contributed by atoms with van der Waals surface area (Å²) in [4.78, 5) is 14.6. The molecule has 7 heteroatoms. The second-order valence-corrected chi connectivity index (χ2v) is 5.31. The molecule has 0 spiro atoms. The van der Waals surface area contributed by atoms with Crippen molar-refractivity contribution in [3.8, 4) is 11.6 Å². The van der Waals surface area contributed by atoms with E-state index in [4.69, 9.17) is 4.74 Å². The maximum absolute atomic E-state index is 10.8. The minimum atomic E-state index is -0.475. The van der Waals surface area contributed by atoms with E-state index < -0.39 is 4.92 Å². The first-order valence-corrected chi connectivity index (χ1v) is 6.81. The molecule has 0 saturated heterocycles. The lowest BCUT2D eigenvalue weighted by atomic mass is 10.3. The summed E-state index contributed by atoms with van der Waals surface area (Å²) in [6.07, 6.45) is 0. The Morgan fingerprint density at radius 2 is 2.00 bits per heavy atom. The summed E-state index contributed by atoms with van der Waals surface area (Å²) in [7, 11) is 0. The topological polar surface area (TPSA) is 65.3 Å². The minimum absolute atomic E-state index is 0.0497. The molecule has 0 aliphatic rings. The zero-order valence-electron chi connectivity index (χ0n) is 9.76. The summed E-state index contributed by atoms with van der Waals surface area (Å²) < 4.78 is 6.72. The molecular weight excluding hydrogens is 380 g/mol. The first kappa shape index (κ1) is 14.0. The van der Waals surface area contributed by atoms with Gasteiger partial charge in [0.15, 0.2) is 5.75 Å². The molecule has 0 saturated carbocycles. The summed E-state index contributed by atoms with van der Waals surface area (Å²) in [6, 6.07) is 8.09. The van der Waals surface area contributed by atoms with Crippen LogP contribution in [0.3, 0.4) is 0 Å². The molecule has 0 amide bonds. The SMILES string of the molecule is Cc1nc(Oc2cccc([N+](=O)[O-])c2Br)ccc1Br. The van der Waals surface area contributed by atoms with E-state index >= 15 is 0 Å². The second kappa shape index (κ2) is 5.66. The van der Waals surface area contributed by atoms with Crippen molar-refractivity contribution in [2.24, 2.45) is 0 Å². The molecule has 0 aliphatic heterocycles. The first-order valence-electron chi connectivity index (χ1n) is 5.23. The van der Waals surface area contributed by atoms with Gasteiger partial charge in [0, 0.05) is 16.6 Å². The van der Waals surface area contributed by atoms with Gasteiger partial charge in [-0.1, -0.05) is 6.07 Å². The van der Waals surface area contributed by atoms with Gasteiger partial charge >= 0.3 is 0 Å². The maximum atomic E-state index is 10.8. The average Bonchev–Trinajstić information content (AvgIpc) is 2.36. The van der Waals surface area contributed by atoms with Crippen LogP contribution in [-0.2, 0) is 0 Å². The van der Waals surface area contributed by atoms with Crippen LogP contribution in [0.4, 0.5) is 5.69 Å². The van der Waals surface area contributed by atoms with Crippen LogP contribution in [0.15, 0.2) is 39.3 Å². The zero-order chi connectivity index (χ0) is 14.0. The van der Waals surface area contributed by atoms with Gasteiger partial charge in [0.05, 0.1) is 10.6 Å². The number of rotatable bonds is 3. The fourth-order valence-electron chi connectivity index (χ4n) is 1.41. The number of aryl methyl sites for hydroxylation is 1. The van der Waals surface area contributed by atoms with Gasteiger partial charge in [0.1, 0.15) is 4.47 Å². The number of pyridine rings is 1. The molecular formula is C12H8Br2N2O3. The van der Waals surface area contributed by atoms with E-state index in [0.717, 1.165) is 10.2 Å². The lowest BCUT2D eigenvalue weighted by molar-refractivity contribution is -0.385. The molecule has 0 aliphatic carbocycles. The Labute approximate surface area is 126 Å². The third-order valence-corrected chi connectivity index (χ3v) is 3.99. The van der Waals surface area contributed by atoms with Gasteiger partial charge in [-0.15, -0.1) is 0 Å². The third-order valence-electron chi connectivity index (χ3n) is 2.35. The van der Waals surface area contributed by atoms with Crippen molar-refractivity contribution in [2.45, 2.75) is 6.92 Å². The Morgan fingerprint density at radius 1 is 1.26 bits per heavy atom. The molecule has 2 rings (SSSR count). The first-order chi connectivity index (χ1) is 8.99. The summed E-state index contributed by atoms with van der Waals surface area (Å²) in [6.45, 7) is 1.83. The van der Waals surface area contributed by atoms with E-state index in [2.05, 4.69) is 36.8 Å². The quantitative estimate of drug-likeness (QED) is 0.569. The van der Waals surface area contributed by atoms with Crippen LogP contribution in [0.5, 0.6) is 11.6 Å². The van der Waals surface area contributed by atoms with Crippen LogP contribution < -0.4 is 4.74 Å². The van der Waals surface area contributed by atoms with Crippen molar-refractivity contribution in [3.05, 3.63) is 55.1 Å². The number of hydrogen-bond donors (Lipinski definition) is 0. The number of ether oxygens (including phenoxy) is 1. The van der Waals surface area contributed by atoms with Crippen molar-refractivity contribution in [2.75, 3.05) is 0 Å². The third kappa shape index (κ3) is 3.10. The molecule has 0 atom stereocenters. The minimum Gasteiger partial charge on any atom is -0.438 e. The lowest BCUT2D eigenvalue weighted by Crippen LogP contribution is -1.94. The highest BCUT2D eigenvalue weighted by molar-refractivity contribution is 9.11. The van der Waals surface area contributed by atoms with Crippen molar-refractivity contribution >= 4 is 37.5 Å². The number of benzene rings is 1. The summed E-state index contributed by atoms with van der Waals surface area (Å²) in [5.41, 5.74) is 0.727. The number of nitro groups is 1. The van der Waals surface area contributed by atoms with Crippen LogP contribution >= 0.6 is 31.9 Å². The average molecular weight is 388 g/mol. The molecule has 19 heavy (non-hydrogen) atoms. The Kier molecular flexibility index (Phi) is 4.16. The van der Waals surface area contributed by atoms with Crippen molar-refractivity contribution in [1.29, 1.82) is 0 Å². The zero-order valence-corrected chi connectivity index (χ0v) is 12.9. The molecule has 0 bridgehead atoms. The van der Waals surface area contributed by atoms with Gasteiger partial charge in [-0.3, -0.25) is 10.1 Å². The maximum Gasteiger partial charge on any atom is 0.287 e. The fourth-order valence-corrected chi connectivity index (χ4v) is 2.12. The van der Waals surface area contributed by atoms with Gasteiger partial charge in [0.25, 0.3) is 5.69 Å². The Balaban J connectivity index is 2.35. The monoisotopic (exact) mass is 386 g/mol. The van der Waals surface area contributed by atoms with E-state index in [1.807, 2.05) is 13.0 Å². The van der Waals surface area contributed by atoms with Gasteiger partial charge in [0.2, 0.25) is 5.88 Å². The summed E-state index contributed by atoms with van der Waals surface area (Å²) in [5.74, 6) is 0.727. The fraction of sp³-hybridized carbons (Fsp3) is 0.0833. The molecule has 0 radical (unpaired) electrons.